The Bertz CT molecular complexity index is 267. The van der Waals surface area contributed by atoms with Gasteiger partial charge in [0.1, 0.15) is 0 Å². The Balaban J connectivity index is 2.09. The quantitative estimate of drug-likeness (QED) is 0.620. The third-order valence-corrected chi connectivity index (χ3v) is 4.23. The van der Waals surface area contributed by atoms with E-state index in [1.54, 1.807) is 0 Å². The maximum absolute atomic E-state index is 12.3. The topological polar surface area (TPSA) is 20.3 Å². The van der Waals surface area contributed by atoms with Gasteiger partial charge in [0.05, 0.1) is 7.85 Å². The van der Waals surface area contributed by atoms with Crippen molar-refractivity contribution in [2.24, 2.45) is 11.8 Å². The summed E-state index contributed by atoms with van der Waals surface area (Å²) in [6, 6.07) is 0.352. The molecule has 2 fully saturated rings. The maximum atomic E-state index is 12.3. The maximum Gasteiger partial charge on any atom is 0.226 e. The summed E-state index contributed by atoms with van der Waals surface area (Å²) >= 11 is 0. The minimum Gasteiger partial charge on any atom is -0.340 e. The molecule has 88 valence electrons. The first-order valence-electron chi connectivity index (χ1n) is 6.65. The molecule has 2 radical (unpaired) electrons. The molecule has 0 N–H and O–H groups in total. The van der Waals surface area contributed by atoms with Gasteiger partial charge in [-0.1, -0.05) is 25.1 Å². The molecule has 0 aromatic rings. The zero-order valence-corrected chi connectivity index (χ0v) is 10.5. The van der Waals surface area contributed by atoms with Gasteiger partial charge in [-0.05, 0) is 32.6 Å². The second-order valence-electron chi connectivity index (χ2n) is 5.71. The predicted octanol–water partition coefficient (Wildman–Crippen LogP) is 2.39. The lowest BCUT2D eigenvalue weighted by Crippen LogP contribution is -2.48. The Morgan fingerprint density at radius 1 is 1.31 bits per heavy atom. The van der Waals surface area contributed by atoms with Gasteiger partial charge >= 0.3 is 0 Å². The fourth-order valence-electron chi connectivity index (χ4n) is 3.29. The van der Waals surface area contributed by atoms with Gasteiger partial charge in [-0.15, -0.1) is 0 Å². The molecule has 16 heavy (non-hydrogen) atoms. The van der Waals surface area contributed by atoms with E-state index in [9.17, 15) is 4.79 Å². The largest absolute Gasteiger partial charge is 0.340 e. The molecule has 2 aliphatic rings. The first-order chi connectivity index (χ1) is 7.59. The van der Waals surface area contributed by atoms with Gasteiger partial charge in [-0.25, -0.2) is 0 Å². The molecule has 1 heterocycles. The van der Waals surface area contributed by atoms with Crippen LogP contribution >= 0.6 is 0 Å². The van der Waals surface area contributed by atoms with Crippen LogP contribution in [0.15, 0.2) is 0 Å². The van der Waals surface area contributed by atoms with Gasteiger partial charge in [-0.3, -0.25) is 4.79 Å². The van der Waals surface area contributed by atoms with Gasteiger partial charge < -0.3 is 4.90 Å². The highest BCUT2D eigenvalue weighted by Crippen LogP contribution is 2.39. The predicted molar refractivity (Wildman–Crippen MR) is 66.4 cm³/mol. The summed E-state index contributed by atoms with van der Waals surface area (Å²) in [7, 11) is 6.06. The average molecular weight is 219 g/mol. The first kappa shape index (κ1) is 12.0. The van der Waals surface area contributed by atoms with Crippen molar-refractivity contribution in [2.75, 3.05) is 6.54 Å². The lowest BCUT2D eigenvalue weighted by atomic mass is 9.74. The molecule has 1 aliphatic heterocycles. The molecular formula is C13H22BNO. The van der Waals surface area contributed by atoms with Gasteiger partial charge in [-0.2, -0.15) is 0 Å². The molecule has 0 aromatic heterocycles. The van der Waals surface area contributed by atoms with Crippen molar-refractivity contribution in [3.05, 3.63) is 0 Å². The number of hydrogen-bond acceptors (Lipinski definition) is 1. The zero-order valence-electron chi connectivity index (χ0n) is 10.5. The summed E-state index contributed by atoms with van der Waals surface area (Å²) in [6.45, 7) is 5.16. The van der Waals surface area contributed by atoms with E-state index in [4.69, 9.17) is 7.85 Å². The molecule has 2 nitrogen and oxygen atoms in total. The van der Waals surface area contributed by atoms with E-state index < -0.39 is 0 Å². The van der Waals surface area contributed by atoms with E-state index in [0.29, 0.717) is 23.7 Å². The third-order valence-electron chi connectivity index (χ3n) is 4.23. The highest BCUT2D eigenvalue weighted by atomic mass is 16.2. The number of likely N-dealkylation sites (tertiary alicyclic amines) is 1. The number of hydrogen-bond donors (Lipinski definition) is 0. The normalized spacial score (nSPS) is 36.1. The Hall–Kier alpha value is -0.465. The van der Waals surface area contributed by atoms with E-state index in [1.165, 1.54) is 0 Å². The van der Waals surface area contributed by atoms with Crippen molar-refractivity contribution in [1.29, 1.82) is 0 Å². The number of rotatable bonds is 1. The standard InChI is InChI=1S/C13H22BNO/c1-9(2)15-7-6-10-8-11(14)4-3-5-12(10)13(15)16/h9-12H,3-8H2,1-2H3. The molecule has 1 amide bonds. The van der Waals surface area contributed by atoms with Crippen LogP contribution < -0.4 is 0 Å². The van der Waals surface area contributed by atoms with Crippen molar-refractivity contribution in [2.45, 2.75) is 57.8 Å². The molecule has 3 atom stereocenters. The molecule has 1 saturated heterocycles. The van der Waals surface area contributed by atoms with Crippen LogP contribution in [0.3, 0.4) is 0 Å². The number of piperidine rings is 1. The van der Waals surface area contributed by atoms with Crippen LogP contribution in [-0.4, -0.2) is 31.2 Å². The van der Waals surface area contributed by atoms with Crippen LogP contribution in [0.25, 0.3) is 0 Å². The highest BCUT2D eigenvalue weighted by molar-refractivity contribution is 6.11. The fraction of sp³-hybridized carbons (Fsp3) is 0.923. The van der Waals surface area contributed by atoms with E-state index in [1.807, 2.05) is 0 Å². The third kappa shape index (κ3) is 2.28. The van der Waals surface area contributed by atoms with Crippen LogP contribution in [0.4, 0.5) is 0 Å². The molecule has 3 heteroatoms. The van der Waals surface area contributed by atoms with Crippen molar-refractivity contribution in [3.63, 3.8) is 0 Å². The van der Waals surface area contributed by atoms with Crippen LogP contribution in [0.1, 0.15) is 46.0 Å². The van der Waals surface area contributed by atoms with Gasteiger partial charge in [0.15, 0.2) is 0 Å². The summed E-state index contributed by atoms with van der Waals surface area (Å²) in [4.78, 5) is 14.4. The molecule has 3 unspecified atom stereocenters. The Morgan fingerprint density at radius 2 is 2.06 bits per heavy atom. The highest BCUT2D eigenvalue weighted by Gasteiger charge is 2.38. The smallest absolute Gasteiger partial charge is 0.226 e. The number of nitrogens with zero attached hydrogens (tertiary/aromatic N) is 1. The van der Waals surface area contributed by atoms with Crippen molar-refractivity contribution >= 4 is 13.8 Å². The summed E-state index contributed by atoms with van der Waals surface area (Å²) in [5.41, 5.74) is 0. The summed E-state index contributed by atoms with van der Waals surface area (Å²) in [6.07, 6.45) is 5.49. The van der Waals surface area contributed by atoms with Gasteiger partial charge in [0.2, 0.25) is 5.91 Å². The van der Waals surface area contributed by atoms with Gasteiger partial charge in [0, 0.05) is 18.5 Å². The van der Waals surface area contributed by atoms with Crippen molar-refractivity contribution in [3.8, 4) is 0 Å². The molecule has 0 bridgehead atoms. The summed E-state index contributed by atoms with van der Waals surface area (Å²) in [5, 5.41) is 0. The average Bonchev–Trinajstić information content (AvgIpc) is 2.39. The molecular weight excluding hydrogens is 197 g/mol. The van der Waals surface area contributed by atoms with Crippen LogP contribution in [0.2, 0.25) is 5.82 Å². The number of fused-ring (bicyclic) bond motifs is 1. The zero-order chi connectivity index (χ0) is 11.7. The minimum absolute atomic E-state index is 0.268. The van der Waals surface area contributed by atoms with Crippen LogP contribution in [0.5, 0.6) is 0 Å². The SMILES string of the molecule is [B]C1CCCC2C(=O)N(C(C)C)CCC2C1. The van der Waals surface area contributed by atoms with E-state index in [2.05, 4.69) is 18.7 Å². The molecule has 1 aliphatic carbocycles. The molecule has 2 rings (SSSR count). The Morgan fingerprint density at radius 3 is 2.75 bits per heavy atom. The van der Waals surface area contributed by atoms with Crippen molar-refractivity contribution < 1.29 is 4.79 Å². The Labute approximate surface area is 100 Å². The lowest BCUT2D eigenvalue weighted by molar-refractivity contribution is -0.143. The number of carbonyl (C=O) groups excluding carboxylic acids is 1. The second-order valence-corrected chi connectivity index (χ2v) is 5.71. The molecule has 0 aromatic carbocycles. The minimum atomic E-state index is 0.268. The van der Waals surface area contributed by atoms with E-state index in [0.717, 1.165) is 38.6 Å². The summed E-state index contributed by atoms with van der Waals surface area (Å²) in [5.74, 6) is 1.54. The van der Waals surface area contributed by atoms with E-state index >= 15 is 0 Å². The Kier molecular flexibility index (Phi) is 3.61. The number of amides is 1. The lowest BCUT2D eigenvalue weighted by Gasteiger charge is -2.39. The number of carbonyl (C=O) groups is 1. The fourth-order valence-corrected chi connectivity index (χ4v) is 3.29. The summed E-state index contributed by atoms with van der Waals surface area (Å²) < 4.78 is 0. The molecule has 0 spiro atoms. The van der Waals surface area contributed by atoms with Gasteiger partial charge in [0.25, 0.3) is 0 Å². The van der Waals surface area contributed by atoms with Crippen LogP contribution in [0, 0.1) is 11.8 Å². The van der Waals surface area contributed by atoms with E-state index in [-0.39, 0.29) is 5.92 Å². The first-order valence-corrected chi connectivity index (χ1v) is 6.65. The van der Waals surface area contributed by atoms with Crippen molar-refractivity contribution in [1.82, 2.24) is 4.90 Å². The molecule has 1 saturated carbocycles. The van der Waals surface area contributed by atoms with Crippen LogP contribution in [-0.2, 0) is 4.79 Å². The second kappa shape index (κ2) is 4.81. The monoisotopic (exact) mass is 219 g/mol.